The third kappa shape index (κ3) is 4.24. The van der Waals surface area contributed by atoms with Crippen molar-refractivity contribution in [2.24, 2.45) is 5.84 Å². The number of aromatic nitrogens is 2. The van der Waals surface area contributed by atoms with Gasteiger partial charge in [0.1, 0.15) is 5.75 Å². The normalized spacial score (nSPS) is 11.5. The molecule has 0 atom stereocenters. The van der Waals surface area contributed by atoms with Crippen molar-refractivity contribution in [1.82, 2.24) is 10.1 Å². The monoisotopic (exact) mass is 383 g/mol. The molecule has 1 heterocycles. The highest BCUT2D eigenvalue weighted by Gasteiger charge is 2.19. The standard InChI is InChI=1S/C20H25N5O3/c1-12-9-14(27-4)6-7-15(12)19-23-18(24-28-19)13-5-8-17(16(21)10-13)25(22)11-20(2,3)26/h5-10,26H,11,21-22H2,1-4H3. The van der Waals surface area contributed by atoms with Crippen molar-refractivity contribution >= 4 is 11.4 Å². The molecule has 0 bridgehead atoms. The lowest BCUT2D eigenvalue weighted by atomic mass is 10.1. The Labute approximate surface area is 163 Å². The van der Waals surface area contributed by atoms with Gasteiger partial charge in [-0.15, -0.1) is 0 Å². The van der Waals surface area contributed by atoms with Gasteiger partial charge in [0.15, 0.2) is 0 Å². The Kier molecular flexibility index (Phi) is 5.26. The molecule has 0 aliphatic carbocycles. The summed E-state index contributed by atoms with van der Waals surface area (Å²) < 4.78 is 10.7. The van der Waals surface area contributed by atoms with Gasteiger partial charge in [-0.25, -0.2) is 5.84 Å². The number of anilines is 2. The summed E-state index contributed by atoms with van der Waals surface area (Å²) >= 11 is 0. The zero-order valence-corrected chi connectivity index (χ0v) is 16.4. The van der Waals surface area contributed by atoms with Gasteiger partial charge in [-0.3, -0.25) is 0 Å². The maximum absolute atomic E-state index is 9.94. The van der Waals surface area contributed by atoms with Crippen molar-refractivity contribution in [3.05, 3.63) is 42.0 Å². The van der Waals surface area contributed by atoms with Crippen LogP contribution in [-0.4, -0.2) is 34.5 Å². The van der Waals surface area contributed by atoms with Gasteiger partial charge in [0.2, 0.25) is 5.82 Å². The van der Waals surface area contributed by atoms with E-state index in [1.807, 2.05) is 31.2 Å². The fraction of sp³-hybridized carbons (Fsp3) is 0.300. The average molecular weight is 383 g/mol. The van der Waals surface area contributed by atoms with Crippen molar-refractivity contribution in [1.29, 1.82) is 0 Å². The maximum atomic E-state index is 9.94. The topological polar surface area (TPSA) is 124 Å². The van der Waals surface area contributed by atoms with Crippen LogP contribution in [0.4, 0.5) is 11.4 Å². The molecule has 0 aliphatic rings. The quantitative estimate of drug-likeness (QED) is 0.337. The van der Waals surface area contributed by atoms with Crippen LogP contribution < -0.4 is 21.3 Å². The summed E-state index contributed by atoms with van der Waals surface area (Å²) in [6, 6.07) is 10.9. The van der Waals surface area contributed by atoms with E-state index in [-0.39, 0.29) is 6.54 Å². The maximum Gasteiger partial charge on any atom is 0.258 e. The van der Waals surface area contributed by atoms with E-state index < -0.39 is 5.60 Å². The van der Waals surface area contributed by atoms with Gasteiger partial charge in [-0.05, 0) is 62.7 Å². The van der Waals surface area contributed by atoms with Crippen LogP contribution in [0.1, 0.15) is 19.4 Å². The number of nitrogens with two attached hydrogens (primary N) is 2. The molecule has 0 spiro atoms. The largest absolute Gasteiger partial charge is 0.497 e. The van der Waals surface area contributed by atoms with Crippen LogP contribution in [0.2, 0.25) is 0 Å². The SMILES string of the molecule is COc1ccc(-c2nc(-c3ccc(N(N)CC(C)(C)O)c(N)c3)no2)c(C)c1. The molecule has 2 aromatic carbocycles. The summed E-state index contributed by atoms with van der Waals surface area (Å²) in [5, 5.41) is 15.4. The zero-order valence-electron chi connectivity index (χ0n) is 16.4. The number of hydrogen-bond acceptors (Lipinski definition) is 8. The lowest BCUT2D eigenvalue weighted by molar-refractivity contribution is 0.0874. The Morgan fingerprint density at radius 2 is 1.96 bits per heavy atom. The van der Waals surface area contributed by atoms with Gasteiger partial charge in [0.25, 0.3) is 5.89 Å². The Morgan fingerprint density at radius 3 is 2.57 bits per heavy atom. The van der Waals surface area contributed by atoms with E-state index in [2.05, 4.69) is 10.1 Å². The molecule has 0 amide bonds. The molecular weight excluding hydrogens is 358 g/mol. The summed E-state index contributed by atoms with van der Waals surface area (Å²) in [7, 11) is 1.62. The van der Waals surface area contributed by atoms with Crippen molar-refractivity contribution in [3.8, 4) is 28.6 Å². The van der Waals surface area contributed by atoms with Gasteiger partial charge in [0, 0.05) is 11.1 Å². The predicted octanol–water partition coefficient (Wildman–Crippen LogP) is 2.75. The molecule has 8 heteroatoms. The second kappa shape index (κ2) is 7.49. The minimum absolute atomic E-state index is 0.236. The van der Waals surface area contributed by atoms with Crippen LogP contribution in [-0.2, 0) is 0 Å². The van der Waals surface area contributed by atoms with Crippen molar-refractivity contribution in [3.63, 3.8) is 0 Å². The van der Waals surface area contributed by atoms with E-state index in [1.54, 1.807) is 33.1 Å². The molecule has 3 rings (SSSR count). The third-order valence-corrected chi connectivity index (χ3v) is 4.24. The fourth-order valence-corrected chi connectivity index (χ4v) is 2.91. The van der Waals surface area contributed by atoms with Crippen LogP contribution in [0.15, 0.2) is 40.9 Å². The van der Waals surface area contributed by atoms with Crippen LogP contribution in [0.5, 0.6) is 5.75 Å². The Balaban J connectivity index is 1.87. The van der Waals surface area contributed by atoms with E-state index in [4.69, 9.17) is 20.8 Å². The van der Waals surface area contributed by atoms with Gasteiger partial charge in [0.05, 0.1) is 30.6 Å². The predicted molar refractivity (Wildman–Crippen MR) is 109 cm³/mol. The first-order chi connectivity index (χ1) is 13.2. The van der Waals surface area contributed by atoms with Crippen LogP contribution >= 0.6 is 0 Å². The van der Waals surface area contributed by atoms with Crippen molar-refractivity contribution in [2.45, 2.75) is 26.4 Å². The lowest BCUT2D eigenvalue weighted by Gasteiger charge is -2.27. The molecular formula is C20H25N5O3. The number of rotatable bonds is 6. The van der Waals surface area contributed by atoms with Gasteiger partial charge < -0.3 is 25.1 Å². The van der Waals surface area contributed by atoms with Crippen LogP contribution in [0, 0.1) is 6.92 Å². The number of nitrogen functional groups attached to an aromatic ring is 1. The molecule has 148 valence electrons. The molecule has 0 saturated carbocycles. The highest BCUT2D eigenvalue weighted by molar-refractivity contribution is 5.74. The van der Waals surface area contributed by atoms with E-state index >= 15 is 0 Å². The van der Waals surface area contributed by atoms with E-state index in [0.717, 1.165) is 16.9 Å². The number of methoxy groups -OCH3 is 1. The number of aryl methyl sites for hydroxylation is 1. The van der Waals surface area contributed by atoms with E-state index in [9.17, 15) is 5.11 Å². The Hall–Kier alpha value is -3.10. The Bertz CT molecular complexity index is 978. The summed E-state index contributed by atoms with van der Waals surface area (Å²) in [6.07, 6.45) is 0. The fourth-order valence-electron chi connectivity index (χ4n) is 2.91. The number of hydrogen-bond donors (Lipinski definition) is 3. The molecule has 0 aliphatic heterocycles. The molecule has 1 aromatic heterocycles. The first-order valence-electron chi connectivity index (χ1n) is 8.81. The number of hydrazine groups is 1. The van der Waals surface area contributed by atoms with Gasteiger partial charge >= 0.3 is 0 Å². The molecule has 3 aromatic rings. The number of ether oxygens (including phenoxy) is 1. The average Bonchev–Trinajstić information content (AvgIpc) is 3.09. The second-order valence-corrected chi connectivity index (χ2v) is 7.32. The summed E-state index contributed by atoms with van der Waals surface area (Å²) in [5.74, 6) is 7.63. The summed E-state index contributed by atoms with van der Waals surface area (Å²) in [5.41, 5.74) is 8.78. The number of benzene rings is 2. The summed E-state index contributed by atoms with van der Waals surface area (Å²) in [6.45, 7) is 5.55. The van der Waals surface area contributed by atoms with E-state index in [1.165, 1.54) is 5.01 Å². The number of nitrogens with zero attached hydrogens (tertiary/aromatic N) is 3. The molecule has 8 nitrogen and oxygen atoms in total. The molecule has 5 N–H and O–H groups in total. The van der Waals surface area contributed by atoms with Crippen LogP contribution in [0.25, 0.3) is 22.8 Å². The molecule has 0 saturated heterocycles. The first kappa shape index (κ1) is 19.7. The first-order valence-corrected chi connectivity index (χ1v) is 8.81. The molecule has 0 fully saturated rings. The zero-order chi connectivity index (χ0) is 20.5. The highest BCUT2D eigenvalue weighted by atomic mass is 16.5. The minimum atomic E-state index is -0.946. The van der Waals surface area contributed by atoms with Gasteiger partial charge in [-0.1, -0.05) is 5.16 Å². The highest BCUT2D eigenvalue weighted by Crippen LogP contribution is 2.30. The molecule has 28 heavy (non-hydrogen) atoms. The summed E-state index contributed by atoms with van der Waals surface area (Å²) in [4.78, 5) is 4.48. The number of aliphatic hydroxyl groups is 1. The van der Waals surface area contributed by atoms with Crippen molar-refractivity contribution < 1.29 is 14.4 Å². The van der Waals surface area contributed by atoms with E-state index in [0.29, 0.717) is 28.7 Å². The minimum Gasteiger partial charge on any atom is -0.497 e. The molecule has 0 radical (unpaired) electrons. The second-order valence-electron chi connectivity index (χ2n) is 7.32. The lowest BCUT2D eigenvalue weighted by Crippen LogP contribution is -2.43. The van der Waals surface area contributed by atoms with Crippen LogP contribution in [0.3, 0.4) is 0 Å². The smallest absolute Gasteiger partial charge is 0.258 e. The van der Waals surface area contributed by atoms with Gasteiger partial charge in [-0.2, -0.15) is 4.98 Å². The Morgan fingerprint density at radius 1 is 1.21 bits per heavy atom. The third-order valence-electron chi connectivity index (χ3n) is 4.24. The molecule has 0 unspecified atom stereocenters. The van der Waals surface area contributed by atoms with Crippen molar-refractivity contribution in [2.75, 3.05) is 24.4 Å².